The summed E-state index contributed by atoms with van der Waals surface area (Å²) in [6.45, 7) is 1.80. The van der Waals surface area contributed by atoms with Gasteiger partial charge in [0.25, 0.3) is 23.6 Å². The molecule has 2 atom stereocenters. The quantitative estimate of drug-likeness (QED) is 0.0802. The van der Waals surface area contributed by atoms with Crippen LogP contribution in [0.2, 0.25) is 0 Å². The SMILES string of the molecule is CCOC(=O)CCc1ccc2c(c1)N(C)C(=O)[C@@H](NC(=O)c1n[nH]c(Cc3cccc(OC(=O)CCc4ccc5c(c4)N(C)C(=O)[C@@H](NC(=O)c4n[nH]c(Cc6ccccc6)n4)CO5)c3)n1)CO2. The summed E-state index contributed by atoms with van der Waals surface area (Å²) in [7, 11) is 3.17. The van der Waals surface area contributed by atoms with Gasteiger partial charge in [0, 0.05) is 39.8 Å². The van der Waals surface area contributed by atoms with Crippen LogP contribution in [0.25, 0.3) is 0 Å². The third-order valence-electron chi connectivity index (χ3n) is 11.2. The first-order valence-corrected chi connectivity index (χ1v) is 21.9. The molecule has 0 bridgehead atoms. The van der Waals surface area contributed by atoms with Gasteiger partial charge in [0.1, 0.15) is 54.2 Å². The second-order valence-corrected chi connectivity index (χ2v) is 16.0. The molecule has 2 aliphatic heterocycles. The number of nitrogens with one attached hydrogen (secondary N) is 4. The standard InChI is InChI=1S/C48H48N10O10/c1-4-65-41(59)19-15-29-13-17-37-35(22-29)57(2)47(63)34(27-66-37)50-46(62)44-52-40(54-56-44)25-31-11-8-12-32(21-31)68-42(60)20-16-30-14-18-38-36(23-30)58(3)48(64)33(26-67-38)49-45(61)43-51-39(53-55-43)24-28-9-6-5-7-10-28/h5-14,17-18,21-23,33-34H,4,15-16,19-20,24-27H2,1-3H3,(H,49,61)(H,50,62)(H,51,53,55)(H,52,54,56)/t33-,34-/m0/s1. The molecule has 0 radical (unpaired) electrons. The number of aromatic amines is 2. The summed E-state index contributed by atoms with van der Waals surface area (Å²) in [6.07, 6.45) is 1.62. The summed E-state index contributed by atoms with van der Waals surface area (Å²) in [5, 5.41) is 19.0. The maximum atomic E-state index is 13.5. The molecule has 0 unspecified atom stereocenters. The number of esters is 2. The van der Waals surface area contributed by atoms with E-state index in [0.29, 0.717) is 71.7 Å². The Bertz CT molecular complexity index is 2850. The molecule has 4 N–H and O–H groups in total. The number of carbonyl (C=O) groups is 6. The summed E-state index contributed by atoms with van der Waals surface area (Å²) in [5.74, 6) is -1.12. The Hall–Kier alpha value is -8.42. The number of rotatable bonds is 16. The molecule has 0 saturated carbocycles. The van der Waals surface area contributed by atoms with Crippen molar-refractivity contribution in [2.75, 3.05) is 43.7 Å². The fourth-order valence-corrected chi connectivity index (χ4v) is 7.61. The molecule has 4 heterocycles. The number of benzene rings is 4. The molecule has 68 heavy (non-hydrogen) atoms. The highest BCUT2D eigenvalue weighted by Gasteiger charge is 2.33. The van der Waals surface area contributed by atoms with Gasteiger partial charge in [0.15, 0.2) is 0 Å². The van der Waals surface area contributed by atoms with Crippen molar-refractivity contribution in [3.05, 3.63) is 137 Å². The minimum atomic E-state index is -1.03. The number of likely N-dealkylation sites (N-methyl/N-ethyl adjacent to an activating group) is 2. The number of aromatic nitrogens is 6. The minimum absolute atomic E-state index is 0.0261. The van der Waals surface area contributed by atoms with E-state index in [0.717, 1.165) is 16.7 Å². The lowest BCUT2D eigenvalue weighted by Crippen LogP contribution is -2.49. The van der Waals surface area contributed by atoms with Crippen LogP contribution in [-0.4, -0.2) is 112 Å². The molecule has 20 nitrogen and oxygen atoms in total. The van der Waals surface area contributed by atoms with Crippen LogP contribution >= 0.6 is 0 Å². The van der Waals surface area contributed by atoms with Crippen molar-refractivity contribution in [3.8, 4) is 17.2 Å². The van der Waals surface area contributed by atoms with Crippen LogP contribution in [0.4, 0.5) is 11.4 Å². The van der Waals surface area contributed by atoms with Crippen LogP contribution in [0, 0.1) is 0 Å². The lowest BCUT2D eigenvalue weighted by Gasteiger charge is -2.20. The number of hydrogen-bond donors (Lipinski definition) is 4. The van der Waals surface area contributed by atoms with E-state index in [9.17, 15) is 28.8 Å². The van der Waals surface area contributed by atoms with Gasteiger partial charge >= 0.3 is 11.9 Å². The van der Waals surface area contributed by atoms with E-state index >= 15 is 0 Å². The van der Waals surface area contributed by atoms with Crippen LogP contribution < -0.4 is 34.6 Å². The number of fused-ring (bicyclic) bond motifs is 2. The number of anilines is 2. The van der Waals surface area contributed by atoms with E-state index in [-0.39, 0.29) is 50.1 Å². The molecule has 4 amide bonds. The maximum absolute atomic E-state index is 13.5. The van der Waals surface area contributed by atoms with Crippen molar-refractivity contribution in [1.82, 2.24) is 41.0 Å². The maximum Gasteiger partial charge on any atom is 0.311 e. The monoisotopic (exact) mass is 924 g/mol. The largest absolute Gasteiger partial charge is 0.489 e. The van der Waals surface area contributed by atoms with E-state index < -0.39 is 41.7 Å². The number of nitrogens with zero attached hydrogens (tertiary/aromatic N) is 6. The number of amides is 4. The number of hydrogen-bond acceptors (Lipinski definition) is 14. The first-order valence-electron chi connectivity index (χ1n) is 21.9. The van der Waals surface area contributed by atoms with E-state index in [4.69, 9.17) is 18.9 Å². The second-order valence-electron chi connectivity index (χ2n) is 16.0. The average molecular weight is 925 g/mol. The minimum Gasteiger partial charge on any atom is -0.489 e. The first-order chi connectivity index (χ1) is 32.9. The van der Waals surface area contributed by atoms with Gasteiger partial charge in [0.05, 0.1) is 18.0 Å². The summed E-state index contributed by atoms with van der Waals surface area (Å²) < 4.78 is 22.5. The topological polar surface area (TPSA) is 253 Å². The van der Waals surface area contributed by atoms with Crippen molar-refractivity contribution >= 4 is 46.9 Å². The fourth-order valence-electron chi connectivity index (χ4n) is 7.61. The number of ether oxygens (including phenoxy) is 4. The molecule has 6 aromatic rings. The summed E-state index contributed by atoms with van der Waals surface area (Å²) in [5.41, 5.74) is 4.27. The Labute approximate surface area is 389 Å². The van der Waals surface area contributed by atoms with Crippen molar-refractivity contribution in [3.63, 3.8) is 0 Å². The highest BCUT2D eigenvalue weighted by molar-refractivity contribution is 6.03. The Morgan fingerprint density at radius 2 is 1.16 bits per heavy atom. The average Bonchev–Trinajstić information content (AvgIpc) is 3.98. The molecule has 0 spiro atoms. The number of H-pyrrole nitrogens is 2. The zero-order valence-corrected chi connectivity index (χ0v) is 37.4. The van der Waals surface area contributed by atoms with Gasteiger partial charge in [-0.2, -0.15) is 0 Å². The van der Waals surface area contributed by atoms with Crippen molar-refractivity contribution in [1.29, 1.82) is 0 Å². The van der Waals surface area contributed by atoms with E-state index in [1.54, 1.807) is 75.6 Å². The Balaban J connectivity index is 0.805. The Morgan fingerprint density at radius 1 is 0.647 bits per heavy atom. The molecule has 2 aromatic heterocycles. The van der Waals surface area contributed by atoms with Crippen LogP contribution in [-0.2, 0) is 49.6 Å². The normalized spacial score (nSPS) is 15.5. The highest BCUT2D eigenvalue weighted by Crippen LogP contribution is 2.33. The first kappa shape index (κ1) is 46.1. The van der Waals surface area contributed by atoms with E-state index in [2.05, 4.69) is 41.0 Å². The Morgan fingerprint density at radius 3 is 1.71 bits per heavy atom. The van der Waals surface area contributed by atoms with Gasteiger partial charge in [-0.15, -0.1) is 10.2 Å². The molecule has 2 aliphatic rings. The summed E-state index contributed by atoms with van der Waals surface area (Å²) >= 11 is 0. The van der Waals surface area contributed by atoms with E-state index in [1.165, 1.54) is 9.80 Å². The van der Waals surface area contributed by atoms with Gasteiger partial charge in [-0.05, 0) is 78.4 Å². The lowest BCUT2D eigenvalue weighted by molar-refractivity contribution is -0.143. The molecular weight excluding hydrogens is 877 g/mol. The van der Waals surface area contributed by atoms with Gasteiger partial charge in [0.2, 0.25) is 11.6 Å². The van der Waals surface area contributed by atoms with Crippen LogP contribution in [0.1, 0.15) is 74.9 Å². The predicted molar refractivity (Wildman–Crippen MR) is 243 cm³/mol. The van der Waals surface area contributed by atoms with Gasteiger partial charge < -0.3 is 39.4 Å². The third kappa shape index (κ3) is 11.1. The summed E-state index contributed by atoms with van der Waals surface area (Å²) in [6, 6.07) is 25.0. The third-order valence-corrected chi connectivity index (χ3v) is 11.2. The van der Waals surface area contributed by atoms with Crippen LogP contribution in [0.3, 0.4) is 0 Å². The van der Waals surface area contributed by atoms with E-state index in [1.807, 2.05) is 36.4 Å². The van der Waals surface area contributed by atoms with Gasteiger partial charge in [-0.25, -0.2) is 9.97 Å². The van der Waals surface area contributed by atoms with Crippen LogP contribution in [0.5, 0.6) is 17.2 Å². The highest BCUT2D eigenvalue weighted by atomic mass is 16.5. The number of carbonyl (C=O) groups excluding carboxylic acids is 6. The predicted octanol–water partition coefficient (Wildman–Crippen LogP) is 3.45. The van der Waals surface area contributed by atoms with Crippen molar-refractivity contribution < 1.29 is 47.7 Å². The van der Waals surface area contributed by atoms with Crippen molar-refractivity contribution in [2.45, 2.75) is 57.5 Å². The molecule has 0 fully saturated rings. The second kappa shape index (κ2) is 20.8. The van der Waals surface area contributed by atoms with Gasteiger partial charge in [-0.3, -0.25) is 39.0 Å². The molecule has 0 aliphatic carbocycles. The van der Waals surface area contributed by atoms with Gasteiger partial charge in [-0.1, -0.05) is 54.6 Å². The number of aryl methyl sites for hydroxylation is 2. The molecule has 8 rings (SSSR count). The fraction of sp³-hybridized carbons (Fsp3) is 0.292. The lowest BCUT2D eigenvalue weighted by atomic mass is 10.1. The zero-order valence-electron chi connectivity index (χ0n) is 37.4. The summed E-state index contributed by atoms with van der Waals surface area (Å²) in [4.78, 5) is 89.6. The molecule has 4 aromatic carbocycles. The van der Waals surface area contributed by atoms with Crippen LogP contribution in [0.15, 0.2) is 91.0 Å². The molecule has 20 heteroatoms. The smallest absolute Gasteiger partial charge is 0.311 e. The molecular formula is C48H48N10O10. The molecule has 0 saturated heterocycles. The zero-order chi connectivity index (χ0) is 47.7. The molecule has 350 valence electrons. The Kier molecular flexibility index (Phi) is 14.1. The van der Waals surface area contributed by atoms with Crippen molar-refractivity contribution in [2.24, 2.45) is 0 Å².